The number of nitrogens with zero attached hydrogens (tertiary/aromatic N) is 1. The van der Waals surface area contributed by atoms with E-state index < -0.39 is 0 Å². The fourth-order valence-electron chi connectivity index (χ4n) is 2.34. The molecule has 0 bridgehead atoms. The van der Waals surface area contributed by atoms with Gasteiger partial charge in [0.15, 0.2) is 0 Å². The summed E-state index contributed by atoms with van der Waals surface area (Å²) in [6.07, 6.45) is 3.30. The van der Waals surface area contributed by atoms with Crippen LogP contribution in [0.4, 0.5) is 5.69 Å². The molecular weight excluding hydrogens is 280 g/mol. The van der Waals surface area contributed by atoms with Crippen LogP contribution in [0.2, 0.25) is 5.02 Å². The zero-order chi connectivity index (χ0) is 15.1. The molecule has 0 aliphatic rings. The first-order chi connectivity index (χ1) is 10.2. The van der Waals surface area contributed by atoms with Gasteiger partial charge in [-0.3, -0.25) is 0 Å². The molecule has 0 spiro atoms. The van der Waals surface area contributed by atoms with Gasteiger partial charge in [0.2, 0.25) is 0 Å². The monoisotopic (exact) mass is 298 g/mol. The lowest BCUT2D eigenvalue weighted by Gasteiger charge is -2.21. The molecule has 0 saturated carbocycles. The molecule has 1 N–H and O–H groups in total. The van der Waals surface area contributed by atoms with Crippen molar-refractivity contribution >= 4 is 17.3 Å². The van der Waals surface area contributed by atoms with E-state index in [1.54, 1.807) is 12.1 Å². The Morgan fingerprint density at radius 1 is 1.19 bits per heavy atom. The largest absolute Gasteiger partial charge is 0.377 e. The number of rotatable bonds is 6. The smallest absolute Gasteiger partial charge is 0.101 e. The van der Waals surface area contributed by atoms with Crippen LogP contribution in [-0.4, -0.2) is 0 Å². The third kappa shape index (κ3) is 4.24. The van der Waals surface area contributed by atoms with Crippen molar-refractivity contribution in [2.24, 2.45) is 0 Å². The van der Waals surface area contributed by atoms with Crippen molar-refractivity contribution in [2.75, 3.05) is 5.32 Å². The van der Waals surface area contributed by atoms with E-state index in [2.05, 4.69) is 30.4 Å². The first-order valence-corrected chi connectivity index (χ1v) is 7.63. The van der Waals surface area contributed by atoms with E-state index in [0.29, 0.717) is 10.6 Å². The maximum absolute atomic E-state index is 9.24. The van der Waals surface area contributed by atoms with Gasteiger partial charge >= 0.3 is 0 Å². The third-order valence-corrected chi connectivity index (χ3v) is 3.72. The molecule has 108 valence electrons. The van der Waals surface area contributed by atoms with Gasteiger partial charge in [-0.2, -0.15) is 5.26 Å². The van der Waals surface area contributed by atoms with Gasteiger partial charge in [-0.15, -0.1) is 0 Å². The second-order valence-corrected chi connectivity index (χ2v) is 5.49. The summed E-state index contributed by atoms with van der Waals surface area (Å²) in [7, 11) is 0. The summed E-state index contributed by atoms with van der Waals surface area (Å²) in [6, 6.07) is 18.1. The molecule has 0 saturated heterocycles. The average Bonchev–Trinajstić information content (AvgIpc) is 2.52. The molecule has 1 unspecified atom stereocenters. The topological polar surface area (TPSA) is 35.8 Å². The van der Waals surface area contributed by atoms with Gasteiger partial charge < -0.3 is 5.32 Å². The standard InChI is InChI=1S/C18H19ClN2/c1-2-3-9-17(14-7-5-4-6-8-14)21-18-12-16(19)11-10-15(18)13-20/h4-8,10-12,17,21H,2-3,9H2,1H3. The minimum atomic E-state index is 0.191. The van der Waals surface area contributed by atoms with Crippen LogP contribution < -0.4 is 5.32 Å². The quantitative estimate of drug-likeness (QED) is 0.758. The van der Waals surface area contributed by atoms with Crippen LogP contribution in [0, 0.1) is 11.3 Å². The Morgan fingerprint density at radius 3 is 2.62 bits per heavy atom. The first kappa shape index (κ1) is 15.4. The summed E-state index contributed by atoms with van der Waals surface area (Å²) in [5.74, 6) is 0. The van der Waals surface area contributed by atoms with E-state index in [4.69, 9.17) is 11.6 Å². The van der Waals surface area contributed by atoms with Gasteiger partial charge in [-0.25, -0.2) is 0 Å². The van der Waals surface area contributed by atoms with Crippen molar-refractivity contribution in [1.82, 2.24) is 0 Å². The molecule has 2 nitrogen and oxygen atoms in total. The second kappa shape index (κ2) is 7.71. The number of hydrogen-bond acceptors (Lipinski definition) is 2. The molecule has 0 aromatic heterocycles. The van der Waals surface area contributed by atoms with Crippen molar-refractivity contribution in [1.29, 1.82) is 5.26 Å². The summed E-state index contributed by atoms with van der Waals surface area (Å²) in [4.78, 5) is 0. The predicted octanol–water partition coefficient (Wildman–Crippen LogP) is 5.56. The number of halogens is 1. The highest BCUT2D eigenvalue weighted by atomic mass is 35.5. The van der Waals surface area contributed by atoms with Gasteiger partial charge in [0, 0.05) is 5.02 Å². The Labute approximate surface area is 131 Å². The number of benzene rings is 2. The predicted molar refractivity (Wildman–Crippen MR) is 88.5 cm³/mol. The van der Waals surface area contributed by atoms with Crippen LogP contribution in [-0.2, 0) is 0 Å². The molecule has 21 heavy (non-hydrogen) atoms. The number of unbranched alkanes of at least 4 members (excludes halogenated alkanes) is 1. The molecule has 0 aliphatic heterocycles. The summed E-state index contributed by atoms with van der Waals surface area (Å²) in [6.45, 7) is 2.18. The average molecular weight is 299 g/mol. The van der Waals surface area contributed by atoms with E-state index in [9.17, 15) is 5.26 Å². The Morgan fingerprint density at radius 2 is 1.95 bits per heavy atom. The Balaban J connectivity index is 2.27. The lowest BCUT2D eigenvalue weighted by molar-refractivity contribution is 0.634. The van der Waals surface area contributed by atoms with Crippen LogP contribution in [0.3, 0.4) is 0 Å². The molecule has 0 heterocycles. The van der Waals surface area contributed by atoms with Crippen LogP contribution in [0.1, 0.15) is 43.4 Å². The minimum Gasteiger partial charge on any atom is -0.377 e. The molecule has 2 aromatic rings. The van der Waals surface area contributed by atoms with Crippen LogP contribution in [0.25, 0.3) is 0 Å². The molecule has 0 aliphatic carbocycles. The second-order valence-electron chi connectivity index (χ2n) is 5.05. The Bertz CT molecular complexity index is 617. The highest BCUT2D eigenvalue weighted by Gasteiger charge is 2.13. The van der Waals surface area contributed by atoms with Crippen molar-refractivity contribution < 1.29 is 0 Å². The molecule has 2 aromatic carbocycles. The highest BCUT2D eigenvalue weighted by molar-refractivity contribution is 6.30. The van der Waals surface area contributed by atoms with Gasteiger partial charge in [0.25, 0.3) is 0 Å². The molecule has 2 rings (SSSR count). The maximum atomic E-state index is 9.24. The number of hydrogen-bond donors (Lipinski definition) is 1. The Hall–Kier alpha value is -1.98. The van der Waals surface area contributed by atoms with Crippen molar-refractivity contribution in [3.8, 4) is 6.07 Å². The minimum absolute atomic E-state index is 0.191. The Kier molecular flexibility index (Phi) is 5.66. The first-order valence-electron chi connectivity index (χ1n) is 7.25. The lowest BCUT2D eigenvalue weighted by atomic mass is 10.0. The van der Waals surface area contributed by atoms with Gasteiger partial charge in [-0.05, 0) is 30.2 Å². The molecule has 0 radical (unpaired) electrons. The van der Waals surface area contributed by atoms with Gasteiger partial charge in [0.05, 0.1) is 17.3 Å². The number of anilines is 1. The molecule has 3 heteroatoms. The lowest BCUT2D eigenvalue weighted by Crippen LogP contribution is -2.11. The molecular formula is C18H19ClN2. The molecule has 1 atom stereocenters. The van der Waals surface area contributed by atoms with Crippen molar-refractivity contribution in [3.05, 3.63) is 64.7 Å². The van der Waals surface area contributed by atoms with E-state index in [1.165, 1.54) is 5.56 Å². The highest BCUT2D eigenvalue weighted by Crippen LogP contribution is 2.28. The van der Waals surface area contributed by atoms with Crippen LogP contribution >= 0.6 is 11.6 Å². The summed E-state index contributed by atoms with van der Waals surface area (Å²) in [5, 5.41) is 13.4. The fourth-order valence-corrected chi connectivity index (χ4v) is 2.51. The third-order valence-electron chi connectivity index (χ3n) is 3.48. The zero-order valence-electron chi connectivity index (χ0n) is 12.1. The SMILES string of the molecule is CCCCC(Nc1cc(Cl)ccc1C#N)c1ccccc1. The fraction of sp³-hybridized carbons (Fsp3) is 0.278. The van der Waals surface area contributed by atoms with Crippen molar-refractivity contribution in [3.63, 3.8) is 0 Å². The van der Waals surface area contributed by atoms with E-state index in [0.717, 1.165) is 24.9 Å². The molecule has 0 fully saturated rings. The van der Waals surface area contributed by atoms with E-state index >= 15 is 0 Å². The molecule has 0 amide bonds. The van der Waals surface area contributed by atoms with Crippen molar-refractivity contribution in [2.45, 2.75) is 32.2 Å². The van der Waals surface area contributed by atoms with E-state index in [-0.39, 0.29) is 6.04 Å². The van der Waals surface area contributed by atoms with Crippen LogP contribution in [0.15, 0.2) is 48.5 Å². The van der Waals surface area contributed by atoms with Gasteiger partial charge in [-0.1, -0.05) is 61.7 Å². The normalized spacial score (nSPS) is 11.7. The van der Waals surface area contributed by atoms with E-state index in [1.807, 2.05) is 24.3 Å². The summed E-state index contributed by atoms with van der Waals surface area (Å²) in [5.41, 5.74) is 2.65. The van der Waals surface area contributed by atoms with Crippen LogP contribution in [0.5, 0.6) is 0 Å². The summed E-state index contributed by atoms with van der Waals surface area (Å²) >= 11 is 6.06. The zero-order valence-corrected chi connectivity index (χ0v) is 12.9. The number of nitriles is 1. The van der Waals surface area contributed by atoms with Gasteiger partial charge in [0.1, 0.15) is 6.07 Å². The number of nitrogens with one attached hydrogen (secondary N) is 1. The summed E-state index contributed by atoms with van der Waals surface area (Å²) < 4.78 is 0. The maximum Gasteiger partial charge on any atom is 0.101 e.